The summed E-state index contributed by atoms with van der Waals surface area (Å²) < 4.78 is 0. The molecule has 3 heteroatoms. The third-order valence-corrected chi connectivity index (χ3v) is 5.03. The van der Waals surface area contributed by atoms with Crippen LogP contribution in [-0.2, 0) is 6.54 Å². The summed E-state index contributed by atoms with van der Waals surface area (Å²) in [6, 6.07) is 5.03. The number of rotatable bonds is 4. The molecule has 110 valence electrons. The molecule has 1 aromatic heterocycles. The molecule has 0 amide bonds. The van der Waals surface area contributed by atoms with Crippen molar-refractivity contribution >= 4 is 11.3 Å². The van der Waals surface area contributed by atoms with Crippen LogP contribution in [0.25, 0.3) is 0 Å². The minimum atomic E-state index is 0.147. The van der Waals surface area contributed by atoms with Gasteiger partial charge in [-0.25, -0.2) is 0 Å². The second-order valence-electron chi connectivity index (χ2n) is 5.88. The molecular weight excluding hydrogens is 266 g/mol. The van der Waals surface area contributed by atoms with Gasteiger partial charge in [0.1, 0.15) is 0 Å². The highest BCUT2D eigenvalue weighted by molar-refractivity contribution is 7.12. The molecule has 0 aliphatic heterocycles. The summed E-state index contributed by atoms with van der Waals surface area (Å²) in [6.07, 6.45) is 6.01. The van der Waals surface area contributed by atoms with Gasteiger partial charge in [0, 0.05) is 23.9 Å². The van der Waals surface area contributed by atoms with Crippen LogP contribution in [0.15, 0.2) is 12.1 Å². The molecule has 0 bridgehead atoms. The zero-order valence-electron chi connectivity index (χ0n) is 12.6. The summed E-state index contributed by atoms with van der Waals surface area (Å²) in [7, 11) is 2.25. The standard InChI is InChI=1S/C17H25NOS/c1-14-6-5-7-15(12-14)18(2)13-17-10-9-16(20-17)8-3-4-11-19/h9-10,14-15,19H,4-7,11-13H2,1-2H3. The predicted molar refractivity (Wildman–Crippen MR) is 85.8 cm³/mol. The Bertz CT molecular complexity index is 471. The lowest BCUT2D eigenvalue weighted by atomic mass is 9.86. The second-order valence-corrected chi connectivity index (χ2v) is 7.05. The smallest absolute Gasteiger partial charge is 0.0771 e. The molecule has 1 N–H and O–H groups in total. The quantitative estimate of drug-likeness (QED) is 0.858. The topological polar surface area (TPSA) is 23.5 Å². The van der Waals surface area contributed by atoms with E-state index in [-0.39, 0.29) is 6.61 Å². The minimum Gasteiger partial charge on any atom is -0.395 e. The van der Waals surface area contributed by atoms with E-state index in [0.29, 0.717) is 6.42 Å². The Morgan fingerprint density at radius 2 is 2.25 bits per heavy atom. The van der Waals surface area contributed by atoms with Crippen molar-refractivity contribution in [3.63, 3.8) is 0 Å². The Morgan fingerprint density at radius 1 is 1.40 bits per heavy atom. The predicted octanol–water partition coefficient (Wildman–Crippen LogP) is 3.49. The van der Waals surface area contributed by atoms with Gasteiger partial charge in [-0.05, 0) is 37.9 Å². The Balaban J connectivity index is 1.88. The molecule has 0 aromatic carbocycles. The van der Waals surface area contributed by atoms with Crippen molar-refractivity contribution in [1.82, 2.24) is 4.90 Å². The maximum absolute atomic E-state index is 8.73. The first-order chi connectivity index (χ1) is 9.69. The average Bonchev–Trinajstić information content (AvgIpc) is 2.86. The van der Waals surface area contributed by atoms with Gasteiger partial charge in [-0.3, -0.25) is 4.90 Å². The fourth-order valence-corrected chi connectivity index (χ4v) is 3.86. The first-order valence-corrected chi connectivity index (χ1v) is 8.39. The normalized spacial score (nSPS) is 22.6. The van der Waals surface area contributed by atoms with Crippen molar-refractivity contribution in [3.05, 3.63) is 21.9 Å². The van der Waals surface area contributed by atoms with E-state index in [0.717, 1.165) is 23.4 Å². The van der Waals surface area contributed by atoms with Crippen LogP contribution in [0.2, 0.25) is 0 Å². The van der Waals surface area contributed by atoms with Gasteiger partial charge in [-0.2, -0.15) is 0 Å². The second kappa shape index (κ2) is 7.83. The van der Waals surface area contributed by atoms with Crippen LogP contribution in [-0.4, -0.2) is 29.7 Å². The van der Waals surface area contributed by atoms with E-state index in [1.54, 1.807) is 11.3 Å². The zero-order chi connectivity index (χ0) is 14.4. The van der Waals surface area contributed by atoms with Crippen molar-refractivity contribution < 1.29 is 5.11 Å². The molecule has 1 heterocycles. The number of hydrogen-bond donors (Lipinski definition) is 1. The van der Waals surface area contributed by atoms with Crippen LogP contribution < -0.4 is 0 Å². The van der Waals surface area contributed by atoms with Gasteiger partial charge in [0.25, 0.3) is 0 Å². The van der Waals surface area contributed by atoms with Crippen molar-refractivity contribution in [2.45, 2.75) is 51.6 Å². The summed E-state index contributed by atoms with van der Waals surface area (Å²) in [4.78, 5) is 5.00. The van der Waals surface area contributed by atoms with Crippen molar-refractivity contribution in [3.8, 4) is 11.8 Å². The van der Waals surface area contributed by atoms with Crippen LogP contribution in [0.1, 0.15) is 48.8 Å². The van der Waals surface area contributed by atoms with E-state index in [1.165, 1.54) is 30.6 Å². The Labute approximate surface area is 126 Å². The first kappa shape index (κ1) is 15.6. The average molecular weight is 291 g/mol. The number of hydrogen-bond acceptors (Lipinski definition) is 3. The number of aliphatic hydroxyl groups is 1. The number of aliphatic hydroxyl groups excluding tert-OH is 1. The fourth-order valence-electron chi connectivity index (χ4n) is 2.91. The molecule has 0 saturated heterocycles. The summed E-state index contributed by atoms with van der Waals surface area (Å²) in [6.45, 7) is 3.55. The third kappa shape index (κ3) is 4.63. The van der Waals surface area contributed by atoms with Crippen LogP contribution in [0.4, 0.5) is 0 Å². The molecule has 1 fully saturated rings. The molecule has 0 radical (unpaired) electrons. The summed E-state index contributed by atoms with van der Waals surface area (Å²) >= 11 is 1.78. The van der Waals surface area contributed by atoms with Gasteiger partial charge < -0.3 is 5.11 Å². The van der Waals surface area contributed by atoms with Crippen molar-refractivity contribution in [2.75, 3.05) is 13.7 Å². The van der Waals surface area contributed by atoms with Crippen LogP contribution in [0.5, 0.6) is 0 Å². The molecule has 1 aromatic rings. The minimum absolute atomic E-state index is 0.147. The van der Waals surface area contributed by atoms with Gasteiger partial charge in [0.2, 0.25) is 0 Å². The van der Waals surface area contributed by atoms with Crippen LogP contribution in [0.3, 0.4) is 0 Å². The Kier molecular flexibility index (Phi) is 6.09. The van der Waals surface area contributed by atoms with E-state index in [2.05, 4.69) is 42.8 Å². The lowest BCUT2D eigenvalue weighted by Gasteiger charge is -2.33. The van der Waals surface area contributed by atoms with Gasteiger partial charge in [0.05, 0.1) is 11.5 Å². The molecule has 1 saturated carbocycles. The number of nitrogens with zero attached hydrogens (tertiary/aromatic N) is 1. The van der Waals surface area contributed by atoms with Gasteiger partial charge >= 0.3 is 0 Å². The monoisotopic (exact) mass is 291 g/mol. The Morgan fingerprint density at radius 3 is 3.00 bits per heavy atom. The molecular formula is C17H25NOS. The van der Waals surface area contributed by atoms with E-state index >= 15 is 0 Å². The van der Waals surface area contributed by atoms with E-state index in [1.807, 2.05) is 0 Å². The van der Waals surface area contributed by atoms with E-state index < -0.39 is 0 Å². The van der Waals surface area contributed by atoms with E-state index in [9.17, 15) is 0 Å². The van der Waals surface area contributed by atoms with Crippen molar-refractivity contribution in [1.29, 1.82) is 0 Å². The zero-order valence-corrected chi connectivity index (χ0v) is 13.4. The maximum Gasteiger partial charge on any atom is 0.0771 e. The summed E-state index contributed by atoms with van der Waals surface area (Å²) in [5, 5.41) is 8.73. The molecule has 2 rings (SSSR count). The van der Waals surface area contributed by atoms with Crippen LogP contribution >= 0.6 is 11.3 Å². The maximum atomic E-state index is 8.73. The highest BCUT2D eigenvalue weighted by Crippen LogP contribution is 2.28. The Hall–Kier alpha value is -0.820. The molecule has 0 spiro atoms. The molecule has 1 aliphatic carbocycles. The molecule has 2 nitrogen and oxygen atoms in total. The lowest BCUT2D eigenvalue weighted by Crippen LogP contribution is -2.34. The fraction of sp³-hybridized carbons (Fsp3) is 0.647. The van der Waals surface area contributed by atoms with Crippen LogP contribution in [0, 0.1) is 17.8 Å². The van der Waals surface area contributed by atoms with E-state index in [4.69, 9.17) is 5.11 Å². The van der Waals surface area contributed by atoms with Gasteiger partial charge in [0.15, 0.2) is 0 Å². The van der Waals surface area contributed by atoms with Crippen molar-refractivity contribution in [2.24, 2.45) is 5.92 Å². The molecule has 2 unspecified atom stereocenters. The van der Waals surface area contributed by atoms with Gasteiger partial charge in [-0.15, -0.1) is 11.3 Å². The SMILES string of the molecule is CC1CCCC(N(C)Cc2ccc(C#CCCO)s2)C1. The highest BCUT2D eigenvalue weighted by atomic mass is 32.1. The lowest BCUT2D eigenvalue weighted by molar-refractivity contribution is 0.159. The number of thiophene rings is 1. The largest absolute Gasteiger partial charge is 0.395 e. The van der Waals surface area contributed by atoms with Gasteiger partial charge in [-0.1, -0.05) is 31.6 Å². The molecule has 20 heavy (non-hydrogen) atoms. The molecule has 1 aliphatic rings. The highest BCUT2D eigenvalue weighted by Gasteiger charge is 2.22. The summed E-state index contributed by atoms with van der Waals surface area (Å²) in [5.74, 6) is 6.97. The summed E-state index contributed by atoms with van der Waals surface area (Å²) in [5.41, 5.74) is 0. The molecule has 2 atom stereocenters. The first-order valence-electron chi connectivity index (χ1n) is 7.57. The third-order valence-electron chi connectivity index (χ3n) is 4.05.